The second-order valence-electron chi connectivity index (χ2n) is 9.44. The largest absolute Gasteiger partial charge is 0.379 e. The fraction of sp³-hybridized carbons (Fsp3) is 0.310. The molecule has 0 aliphatic carbocycles. The Balaban J connectivity index is 1.33. The number of halogens is 1. The van der Waals surface area contributed by atoms with Crippen molar-refractivity contribution >= 4 is 29.0 Å². The molecular formula is C29H32FN5O3. The van der Waals surface area contributed by atoms with Gasteiger partial charge in [-0.2, -0.15) is 0 Å². The molecule has 9 heteroatoms. The summed E-state index contributed by atoms with van der Waals surface area (Å²) in [5, 5.41) is 8.29. The maximum atomic E-state index is 14.0. The van der Waals surface area contributed by atoms with Gasteiger partial charge in [0.25, 0.3) is 5.91 Å². The van der Waals surface area contributed by atoms with E-state index in [1.807, 2.05) is 12.1 Å². The van der Waals surface area contributed by atoms with E-state index in [2.05, 4.69) is 43.9 Å². The summed E-state index contributed by atoms with van der Waals surface area (Å²) in [5.74, 6) is -0.728. The number of carbonyl (C=O) groups is 2. The number of rotatable bonds is 7. The van der Waals surface area contributed by atoms with Gasteiger partial charge in [-0.3, -0.25) is 9.69 Å². The van der Waals surface area contributed by atoms with Crippen molar-refractivity contribution in [3.63, 3.8) is 0 Å². The standard InChI is InChI=1S/C29H32FN5O3/c30-25-7-3-4-8-26(25)33-29(37)32-23-9-10-27(35-13-11-21-5-1-2-6-22(21)20-35)24(19-23)28(36)31-12-14-34-15-17-38-18-16-34/h1-10,19H,11-18,20H2,(H,31,36)(H2,32,33,37). The van der Waals surface area contributed by atoms with Gasteiger partial charge in [0.15, 0.2) is 0 Å². The molecule has 2 aliphatic heterocycles. The molecule has 0 spiro atoms. The lowest BCUT2D eigenvalue weighted by molar-refractivity contribution is 0.0383. The molecule has 38 heavy (non-hydrogen) atoms. The predicted molar refractivity (Wildman–Crippen MR) is 146 cm³/mol. The van der Waals surface area contributed by atoms with E-state index in [-0.39, 0.29) is 11.6 Å². The molecule has 198 valence electrons. The van der Waals surface area contributed by atoms with Gasteiger partial charge in [0.05, 0.1) is 24.5 Å². The van der Waals surface area contributed by atoms with Gasteiger partial charge >= 0.3 is 6.03 Å². The highest BCUT2D eigenvalue weighted by molar-refractivity contribution is 6.04. The minimum absolute atomic E-state index is 0.0784. The first-order valence-corrected chi connectivity index (χ1v) is 12.9. The molecule has 2 heterocycles. The molecule has 0 aromatic heterocycles. The second-order valence-corrected chi connectivity index (χ2v) is 9.44. The van der Waals surface area contributed by atoms with Gasteiger partial charge < -0.3 is 25.6 Å². The molecule has 2 aliphatic rings. The molecule has 8 nitrogen and oxygen atoms in total. The van der Waals surface area contributed by atoms with Crippen LogP contribution in [-0.2, 0) is 17.7 Å². The number of ether oxygens (including phenoxy) is 1. The monoisotopic (exact) mass is 517 g/mol. The minimum atomic E-state index is -0.589. The van der Waals surface area contributed by atoms with Crippen LogP contribution in [0, 0.1) is 5.82 Å². The van der Waals surface area contributed by atoms with Crippen LogP contribution in [-0.4, -0.2) is 62.8 Å². The van der Waals surface area contributed by atoms with Gasteiger partial charge in [-0.1, -0.05) is 36.4 Å². The van der Waals surface area contributed by atoms with Crippen molar-refractivity contribution in [3.05, 3.63) is 89.2 Å². The summed E-state index contributed by atoms with van der Waals surface area (Å²) < 4.78 is 19.4. The molecule has 0 bridgehead atoms. The molecule has 5 rings (SSSR count). The number of fused-ring (bicyclic) bond motifs is 1. The number of nitrogens with one attached hydrogen (secondary N) is 3. The number of nitrogens with zero attached hydrogens (tertiary/aromatic N) is 2. The maximum absolute atomic E-state index is 14.0. The van der Waals surface area contributed by atoms with Crippen molar-refractivity contribution in [2.24, 2.45) is 0 Å². The van der Waals surface area contributed by atoms with E-state index in [1.165, 1.54) is 23.3 Å². The lowest BCUT2D eigenvalue weighted by Gasteiger charge is -2.32. The number of para-hydroxylation sites is 1. The Morgan fingerprint density at radius 1 is 0.895 bits per heavy atom. The highest BCUT2D eigenvalue weighted by Crippen LogP contribution is 2.30. The normalized spacial score (nSPS) is 15.4. The van der Waals surface area contributed by atoms with E-state index in [0.717, 1.165) is 38.3 Å². The van der Waals surface area contributed by atoms with Crippen LogP contribution in [0.1, 0.15) is 21.5 Å². The maximum Gasteiger partial charge on any atom is 0.323 e. The average molecular weight is 518 g/mol. The van der Waals surface area contributed by atoms with Crippen LogP contribution in [0.4, 0.5) is 26.2 Å². The molecule has 3 N–H and O–H groups in total. The Labute approximate surface area is 221 Å². The summed E-state index contributed by atoms with van der Waals surface area (Å²) in [6.07, 6.45) is 0.888. The van der Waals surface area contributed by atoms with Crippen LogP contribution in [0.25, 0.3) is 0 Å². The summed E-state index contributed by atoms with van der Waals surface area (Å²) in [6, 6.07) is 19.0. The molecule has 1 saturated heterocycles. The van der Waals surface area contributed by atoms with Gasteiger partial charge in [0.2, 0.25) is 0 Å². The van der Waals surface area contributed by atoms with Gasteiger partial charge in [-0.25, -0.2) is 9.18 Å². The zero-order valence-electron chi connectivity index (χ0n) is 21.2. The molecule has 0 radical (unpaired) electrons. The Kier molecular flexibility index (Phi) is 8.15. The number of amides is 3. The number of benzene rings is 3. The molecule has 3 aromatic rings. The smallest absolute Gasteiger partial charge is 0.323 e. The van der Waals surface area contributed by atoms with Crippen molar-refractivity contribution in [2.75, 3.05) is 61.5 Å². The van der Waals surface area contributed by atoms with Crippen LogP contribution in [0.3, 0.4) is 0 Å². The fourth-order valence-electron chi connectivity index (χ4n) is 4.87. The van der Waals surface area contributed by atoms with Crippen molar-refractivity contribution in [1.29, 1.82) is 0 Å². The third-order valence-corrected chi connectivity index (χ3v) is 6.91. The van der Waals surface area contributed by atoms with Crippen molar-refractivity contribution in [2.45, 2.75) is 13.0 Å². The van der Waals surface area contributed by atoms with Crippen molar-refractivity contribution in [3.8, 4) is 0 Å². The first kappa shape index (κ1) is 25.7. The highest BCUT2D eigenvalue weighted by atomic mass is 19.1. The van der Waals surface area contributed by atoms with E-state index in [0.29, 0.717) is 37.6 Å². The molecule has 3 aromatic carbocycles. The number of carbonyl (C=O) groups excluding carboxylic acids is 2. The highest BCUT2D eigenvalue weighted by Gasteiger charge is 2.22. The SMILES string of the molecule is O=C(Nc1ccc(N2CCc3ccccc3C2)c(C(=O)NCCN2CCOCC2)c1)Nc1ccccc1F. The number of morpholine rings is 1. The number of hydrogen-bond donors (Lipinski definition) is 3. The third-order valence-electron chi connectivity index (χ3n) is 6.91. The fourth-order valence-corrected chi connectivity index (χ4v) is 4.87. The Morgan fingerprint density at radius 2 is 1.66 bits per heavy atom. The number of hydrogen-bond acceptors (Lipinski definition) is 5. The van der Waals surface area contributed by atoms with Gasteiger partial charge in [-0.15, -0.1) is 0 Å². The Bertz CT molecular complexity index is 1290. The summed E-state index contributed by atoms with van der Waals surface area (Å²) in [5.41, 5.74) is 4.37. The quantitative estimate of drug-likeness (QED) is 0.440. The van der Waals surface area contributed by atoms with Crippen LogP contribution >= 0.6 is 0 Å². The van der Waals surface area contributed by atoms with Gasteiger partial charge in [-0.05, 0) is 47.9 Å². The zero-order valence-corrected chi connectivity index (χ0v) is 21.2. The number of anilines is 3. The Morgan fingerprint density at radius 3 is 2.47 bits per heavy atom. The van der Waals surface area contributed by atoms with E-state index >= 15 is 0 Å². The van der Waals surface area contributed by atoms with Gasteiger partial charge in [0.1, 0.15) is 5.82 Å². The van der Waals surface area contributed by atoms with Gasteiger partial charge in [0, 0.05) is 50.6 Å². The first-order valence-electron chi connectivity index (χ1n) is 12.9. The lowest BCUT2D eigenvalue weighted by Crippen LogP contribution is -2.41. The predicted octanol–water partition coefficient (Wildman–Crippen LogP) is 4.09. The topological polar surface area (TPSA) is 85.9 Å². The lowest BCUT2D eigenvalue weighted by atomic mass is 9.98. The molecule has 0 unspecified atom stereocenters. The van der Waals surface area contributed by atoms with E-state index < -0.39 is 11.8 Å². The summed E-state index contributed by atoms with van der Waals surface area (Å²) in [4.78, 5) is 30.4. The summed E-state index contributed by atoms with van der Waals surface area (Å²) >= 11 is 0. The van der Waals surface area contributed by atoms with E-state index in [4.69, 9.17) is 4.74 Å². The summed E-state index contributed by atoms with van der Waals surface area (Å²) in [7, 11) is 0. The molecule has 1 fully saturated rings. The molecule has 3 amide bonds. The molecule has 0 atom stereocenters. The zero-order chi connectivity index (χ0) is 26.3. The molecule has 0 saturated carbocycles. The van der Waals surface area contributed by atoms with E-state index in [9.17, 15) is 14.0 Å². The Hall–Kier alpha value is -3.95. The van der Waals surface area contributed by atoms with Crippen molar-refractivity contribution < 1.29 is 18.7 Å². The minimum Gasteiger partial charge on any atom is -0.379 e. The molecular weight excluding hydrogens is 485 g/mol. The second kappa shape index (κ2) is 12.1. The summed E-state index contributed by atoms with van der Waals surface area (Å²) in [6.45, 7) is 5.84. The van der Waals surface area contributed by atoms with Crippen LogP contribution < -0.4 is 20.9 Å². The van der Waals surface area contributed by atoms with Crippen LogP contribution in [0.5, 0.6) is 0 Å². The van der Waals surface area contributed by atoms with Crippen LogP contribution in [0.15, 0.2) is 66.7 Å². The third kappa shape index (κ3) is 6.30. The van der Waals surface area contributed by atoms with E-state index in [1.54, 1.807) is 24.3 Å². The first-order chi connectivity index (χ1) is 18.6. The van der Waals surface area contributed by atoms with Crippen molar-refractivity contribution in [1.82, 2.24) is 10.2 Å². The van der Waals surface area contributed by atoms with Crippen LogP contribution in [0.2, 0.25) is 0 Å². The number of urea groups is 1. The average Bonchev–Trinajstić information content (AvgIpc) is 2.94.